The van der Waals surface area contributed by atoms with E-state index in [2.05, 4.69) is 126 Å². The van der Waals surface area contributed by atoms with Gasteiger partial charge < -0.3 is 10.2 Å². The van der Waals surface area contributed by atoms with Gasteiger partial charge in [0.05, 0.1) is 0 Å². The van der Waals surface area contributed by atoms with Gasteiger partial charge in [0.15, 0.2) is 0 Å². The van der Waals surface area contributed by atoms with Gasteiger partial charge in [0, 0.05) is 34.6 Å². The van der Waals surface area contributed by atoms with Crippen LogP contribution in [0.1, 0.15) is 59.9 Å². The second-order valence-electron chi connectivity index (χ2n) is 13.1. The molecule has 0 radical (unpaired) electrons. The van der Waals surface area contributed by atoms with Crippen LogP contribution in [0.25, 0.3) is 17.7 Å². The van der Waals surface area contributed by atoms with E-state index in [0.29, 0.717) is 23.2 Å². The minimum atomic E-state index is -0.352. The number of nitrogens with zero attached hydrogens (tertiary/aromatic N) is 1. The maximum absolute atomic E-state index is 13.7. The van der Waals surface area contributed by atoms with E-state index in [1.165, 1.54) is 52.2 Å². The lowest BCUT2D eigenvalue weighted by Gasteiger charge is -2.27. The molecule has 5 aromatic carbocycles. The molecular weight excluding hydrogens is 628 g/mol. The van der Waals surface area contributed by atoms with E-state index in [1.807, 2.05) is 31.2 Å². The highest BCUT2D eigenvalue weighted by Crippen LogP contribution is 2.52. The monoisotopic (exact) mass is 668 g/mol. The molecule has 0 saturated heterocycles. The van der Waals surface area contributed by atoms with Crippen LogP contribution in [-0.4, -0.2) is 11.9 Å². The molecule has 1 N–H and O–H groups in total. The quantitative estimate of drug-likeness (QED) is 0.0912. The molecule has 1 aliphatic carbocycles. The summed E-state index contributed by atoms with van der Waals surface area (Å²) in [6.45, 7) is 5.79. The van der Waals surface area contributed by atoms with Crippen LogP contribution >= 0.6 is 0 Å². The van der Waals surface area contributed by atoms with Crippen LogP contribution in [0.4, 0.5) is 21.5 Å². The molecule has 5 aromatic rings. The number of rotatable bonds is 10. The lowest BCUT2D eigenvalue weighted by Crippen LogP contribution is -2.26. The molecule has 3 nitrogen and oxygen atoms in total. The smallest absolute Gasteiger partial charge is 0.256 e. The minimum absolute atomic E-state index is 0.273. The molecule has 1 heterocycles. The summed E-state index contributed by atoms with van der Waals surface area (Å²) in [7, 11) is 0. The van der Waals surface area contributed by atoms with Crippen molar-refractivity contribution in [1.82, 2.24) is 0 Å². The molecular formula is C47H41FN2O. The summed E-state index contributed by atoms with van der Waals surface area (Å²) in [4.78, 5) is 16.2. The molecule has 0 bridgehead atoms. The summed E-state index contributed by atoms with van der Waals surface area (Å²) in [5.41, 5.74) is 11.2. The van der Waals surface area contributed by atoms with Crippen molar-refractivity contribution in [3.05, 3.63) is 203 Å². The Labute approximate surface area is 300 Å². The molecule has 4 heteroatoms. The second kappa shape index (κ2) is 15.3. The number of nitrogens with one attached hydrogen (secondary N) is 1. The average Bonchev–Trinajstić information content (AvgIpc) is 3.76. The standard InChI is InChI=1S/C47H41FN2O/c1-3-12-35(13-4-2)43(47(51)49-39-25-23-38(48)24-26-39)31-34-22-29-46-44(32-34)41-18-11-19-45(41)50(46)40-27-20-33(21-28-40)30-42(36-14-7-5-8-15-36)37-16-9-6-10-17-37/h3-10,12-17,20-32,41,45H,1,11,18-19H2,2H3,(H,49,51)/b13-4-,35-12+,43-31-. The predicted octanol–water partition coefficient (Wildman–Crippen LogP) is 11.9. The number of hydrogen-bond donors (Lipinski definition) is 1. The third-order valence-electron chi connectivity index (χ3n) is 9.79. The van der Waals surface area contributed by atoms with Crippen molar-refractivity contribution in [3.63, 3.8) is 0 Å². The van der Waals surface area contributed by atoms with E-state index in [0.717, 1.165) is 29.5 Å². The van der Waals surface area contributed by atoms with E-state index in [-0.39, 0.29) is 11.7 Å². The Hall–Kier alpha value is -6.00. The maximum atomic E-state index is 13.7. The lowest BCUT2D eigenvalue weighted by atomic mass is 9.94. The van der Waals surface area contributed by atoms with Gasteiger partial charge in [-0.1, -0.05) is 116 Å². The molecule has 7 rings (SSSR count). The molecule has 2 unspecified atom stereocenters. The number of amides is 1. The first kappa shape index (κ1) is 33.5. The highest BCUT2D eigenvalue weighted by atomic mass is 19.1. The average molecular weight is 669 g/mol. The van der Waals surface area contributed by atoms with Gasteiger partial charge in [-0.2, -0.15) is 0 Å². The van der Waals surface area contributed by atoms with E-state index in [4.69, 9.17) is 0 Å². The molecule has 1 aliphatic heterocycles. The molecule has 252 valence electrons. The van der Waals surface area contributed by atoms with E-state index in [1.54, 1.807) is 18.2 Å². The van der Waals surface area contributed by atoms with Gasteiger partial charge in [-0.3, -0.25) is 4.79 Å². The van der Waals surface area contributed by atoms with Gasteiger partial charge in [-0.25, -0.2) is 4.39 Å². The van der Waals surface area contributed by atoms with Crippen molar-refractivity contribution < 1.29 is 9.18 Å². The summed E-state index contributed by atoms with van der Waals surface area (Å²) in [6, 6.07) is 42.8. The second-order valence-corrected chi connectivity index (χ2v) is 13.1. The topological polar surface area (TPSA) is 32.3 Å². The molecule has 1 fully saturated rings. The fraction of sp³-hybridized carbons (Fsp3) is 0.128. The SMILES string of the molecule is C=C/C=C(\C=C/C)C(=C/c1ccc2c(c1)C1CCCC1N2c1ccc(C=C(c2ccccc2)c2ccccc2)cc1)/C(=O)Nc1ccc(F)cc1. The lowest BCUT2D eigenvalue weighted by molar-refractivity contribution is -0.112. The number of benzene rings is 5. The first-order chi connectivity index (χ1) is 25.0. The molecule has 0 aromatic heterocycles. The summed E-state index contributed by atoms with van der Waals surface area (Å²) in [5, 5.41) is 2.94. The van der Waals surface area contributed by atoms with Crippen LogP contribution in [0.15, 0.2) is 169 Å². The van der Waals surface area contributed by atoms with Crippen LogP contribution in [0.2, 0.25) is 0 Å². The molecule has 1 saturated carbocycles. The molecule has 2 aliphatic rings. The fourth-order valence-electron chi connectivity index (χ4n) is 7.49. The molecule has 0 spiro atoms. The molecule has 51 heavy (non-hydrogen) atoms. The van der Waals surface area contributed by atoms with Crippen molar-refractivity contribution in [2.45, 2.75) is 38.1 Å². The van der Waals surface area contributed by atoms with Crippen molar-refractivity contribution in [2.75, 3.05) is 10.2 Å². The first-order valence-electron chi connectivity index (χ1n) is 17.6. The maximum Gasteiger partial charge on any atom is 0.256 e. The Morgan fingerprint density at radius 1 is 0.804 bits per heavy atom. The molecule has 2 atom stereocenters. The number of hydrogen-bond acceptors (Lipinski definition) is 2. The van der Waals surface area contributed by atoms with Gasteiger partial charge in [0.2, 0.25) is 0 Å². The number of fused-ring (bicyclic) bond motifs is 3. The fourth-order valence-corrected chi connectivity index (χ4v) is 7.49. The van der Waals surface area contributed by atoms with Gasteiger partial charge >= 0.3 is 0 Å². The van der Waals surface area contributed by atoms with Crippen molar-refractivity contribution >= 4 is 40.7 Å². The Bertz CT molecular complexity index is 2100. The van der Waals surface area contributed by atoms with E-state index in [9.17, 15) is 9.18 Å². The van der Waals surface area contributed by atoms with Gasteiger partial charge in [0.25, 0.3) is 5.91 Å². The Kier molecular flexibility index (Phi) is 10.0. The third-order valence-corrected chi connectivity index (χ3v) is 9.79. The summed E-state index contributed by atoms with van der Waals surface area (Å²) in [5.74, 6) is -0.202. The van der Waals surface area contributed by atoms with Crippen LogP contribution in [0.3, 0.4) is 0 Å². The zero-order valence-corrected chi connectivity index (χ0v) is 28.8. The number of carbonyl (C=O) groups is 1. The van der Waals surface area contributed by atoms with Crippen molar-refractivity contribution in [2.24, 2.45) is 0 Å². The van der Waals surface area contributed by atoms with E-state index < -0.39 is 0 Å². The highest BCUT2D eigenvalue weighted by Gasteiger charge is 2.42. The van der Waals surface area contributed by atoms with Gasteiger partial charge in [-0.15, -0.1) is 0 Å². The summed E-state index contributed by atoms with van der Waals surface area (Å²) >= 11 is 0. The Morgan fingerprint density at radius 3 is 2.12 bits per heavy atom. The number of anilines is 3. The Balaban J connectivity index is 1.22. The van der Waals surface area contributed by atoms with Crippen LogP contribution in [0.5, 0.6) is 0 Å². The summed E-state index contributed by atoms with van der Waals surface area (Å²) < 4.78 is 13.6. The highest BCUT2D eigenvalue weighted by molar-refractivity contribution is 6.10. The number of halogens is 1. The third kappa shape index (κ3) is 7.32. The number of allylic oxidation sites excluding steroid dienone is 4. The predicted molar refractivity (Wildman–Crippen MR) is 211 cm³/mol. The Morgan fingerprint density at radius 2 is 1.47 bits per heavy atom. The van der Waals surface area contributed by atoms with Crippen LogP contribution < -0.4 is 10.2 Å². The van der Waals surface area contributed by atoms with Crippen molar-refractivity contribution in [1.29, 1.82) is 0 Å². The van der Waals surface area contributed by atoms with Crippen LogP contribution in [0, 0.1) is 5.82 Å². The van der Waals surface area contributed by atoms with Gasteiger partial charge in [0.1, 0.15) is 5.82 Å². The first-order valence-corrected chi connectivity index (χ1v) is 17.6. The summed E-state index contributed by atoms with van der Waals surface area (Å²) in [6.07, 6.45) is 15.0. The van der Waals surface area contributed by atoms with Crippen LogP contribution in [-0.2, 0) is 4.79 Å². The number of carbonyl (C=O) groups excluding carboxylic acids is 1. The van der Waals surface area contributed by atoms with Gasteiger partial charge in [-0.05, 0) is 119 Å². The van der Waals surface area contributed by atoms with E-state index >= 15 is 0 Å². The molecule has 1 amide bonds. The minimum Gasteiger partial charge on any atom is -0.338 e. The normalized spacial score (nSPS) is 16.9. The van der Waals surface area contributed by atoms with Crippen molar-refractivity contribution in [3.8, 4) is 0 Å². The zero-order chi connectivity index (χ0) is 35.2. The largest absolute Gasteiger partial charge is 0.338 e. The zero-order valence-electron chi connectivity index (χ0n) is 28.8.